The molecule has 19 heavy (non-hydrogen) atoms. The summed E-state index contributed by atoms with van der Waals surface area (Å²) in [5.74, 6) is 1.46. The van der Waals surface area contributed by atoms with Gasteiger partial charge in [-0.3, -0.25) is 0 Å². The van der Waals surface area contributed by atoms with E-state index in [0.717, 1.165) is 22.4 Å². The average molecular weight is 281 g/mol. The normalized spacial score (nSPS) is 10.8. The quantitative estimate of drug-likeness (QED) is 0.820. The highest BCUT2D eigenvalue weighted by atomic mass is 35.5. The van der Waals surface area contributed by atoms with Crippen LogP contribution in [0.15, 0.2) is 18.2 Å². The molecular formula is C13H17ClN4O. The standard InChI is InChI=1S/C13H17ClN4O/c1-9-3-2-4-10-12(9)18(8-7-16-13(15)19)11(17-10)5-6-14/h2-4H,5-8H2,1H3,(H3,15,16,19). The first-order valence-corrected chi connectivity index (χ1v) is 6.71. The summed E-state index contributed by atoms with van der Waals surface area (Å²) in [6, 6.07) is 5.51. The minimum atomic E-state index is -0.514. The smallest absolute Gasteiger partial charge is 0.312 e. The maximum absolute atomic E-state index is 10.7. The lowest BCUT2D eigenvalue weighted by molar-refractivity contribution is 0.248. The van der Waals surface area contributed by atoms with Gasteiger partial charge in [-0.1, -0.05) is 12.1 Å². The van der Waals surface area contributed by atoms with Crippen molar-refractivity contribution in [3.63, 3.8) is 0 Å². The Balaban J connectivity index is 2.36. The largest absolute Gasteiger partial charge is 0.352 e. The maximum Gasteiger partial charge on any atom is 0.312 e. The number of urea groups is 1. The van der Waals surface area contributed by atoms with Crippen LogP contribution in [0.25, 0.3) is 11.0 Å². The van der Waals surface area contributed by atoms with E-state index in [1.165, 1.54) is 0 Å². The first-order valence-electron chi connectivity index (χ1n) is 6.17. The van der Waals surface area contributed by atoms with Gasteiger partial charge < -0.3 is 15.6 Å². The second-order valence-corrected chi connectivity index (χ2v) is 4.73. The Morgan fingerprint density at radius 2 is 2.32 bits per heavy atom. The first kappa shape index (κ1) is 13.7. The molecule has 0 bridgehead atoms. The van der Waals surface area contributed by atoms with Crippen molar-refractivity contribution in [3.8, 4) is 0 Å². The van der Waals surface area contributed by atoms with Crippen molar-refractivity contribution >= 4 is 28.7 Å². The van der Waals surface area contributed by atoms with Crippen molar-refractivity contribution in [2.45, 2.75) is 19.9 Å². The molecule has 0 aliphatic carbocycles. The Morgan fingerprint density at radius 3 is 3.00 bits per heavy atom. The number of fused-ring (bicyclic) bond motifs is 1. The maximum atomic E-state index is 10.7. The lowest BCUT2D eigenvalue weighted by atomic mass is 10.2. The van der Waals surface area contributed by atoms with E-state index in [9.17, 15) is 4.79 Å². The number of para-hydroxylation sites is 1. The number of nitrogens with zero attached hydrogens (tertiary/aromatic N) is 2. The van der Waals surface area contributed by atoms with Gasteiger partial charge in [0.15, 0.2) is 0 Å². The van der Waals surface area contributed by atoms with Gasteiger partial charge in [-0.15, -0.1) is 11.6 Å². The van der Waals surface area contributed by atoms with Crippen LogP contribution in [-0.4, -0.2) is 28.0 Å². The molecule has 6 heteroatoms. The molecule has 0 unspecified atom stereocenters. The molecule has 3 N–H and O–H groups in total. The molecule has 0 saturated heterocycles. The van der Waals surface area contributed by atoms with Crippen LogP contribution in [0.1, 0.15) is 11.4 Å². The molecule has 0 saturated carbocycles. The summed E-state index contributed by atoms with van der Waals surface area (Å²) in [5.41, 5.74) is 8.28. The minimum Gasteiger partial charge on any atom is -0.352 e. The number of carbonyl (C=O) groups excluding carboxylic acids is 1. The zero-order valence-electron chi connectivity index (χ0n) is 10.8. The third kappa shape index (κ3) is 2.98. The fourth-order valence-electron chi connectivity index (χ4n) is 2.22. The number of imidazole rings is 1. The second-order valence-electron chi connectivity index (χ2n) is 4.35. The van der Waals surface area contributed by atoms with E-state index >= 15 is 0 Å². The number of hydrogen-bond acceptors (Lipinski definition) is 2. The predicted octanol–water partition coefficient (Wildman–Crippen LogP) is 1.79. The molecule has 1 heterocycles. The Labute approximate surface area is 116 Å². The van der Waals surface area contributed by atoms with Gasteiger partial charge in [-0.05, 0) is 18.6 Å². The predicted molar refractivity (Wildman–Crippen MR) is 76.5 cm³/mol. The van der Waals surface area contributed by atoms with Gasteiger partial charge in [0.1, 0.15) is 5.82 Å². The topological polar surface area (TPSA) is 72.9 Å². The van der Waals surface area contributed by atoms with E-state index in [1.807, 2.05) is 25.1 Å². The van der Waals surface area contributed by atoms with Gasteiger partial charge in [-0.25, -0.2) is 9.78 Å². The molecule has 2 amide bonds. The molecule has 0 aliphatic rings. The molecule has 2 rings (SSSR count). The van der Waals surface area contributed by atoms with E-state index in [-0.39, 0.29) is 0 Å². The number of hydrogen-bond donors (Lipinski definition) is 2. The number of carbonyl (C=O) groups is 1. The van der Waals surface area contributed by atoms with Gasteiger partial charge in [0.05, 0.1) is 11.0 Å². The number of primary amides is 1. The molecule has 1 aromatic carbocycles. The van der Waals surface area contributed by atoms with E-state index in [2.05, 4.69) is 14.9 Å². The number of halogens is 1. The van der Waals surface area contributed by atoms with Crippen LogP contribution >= 0.6 is 11.6 Å². The van der Waals surface area contributed by atoms with Crippen molar-refractivity contribution < 1.29 is 4.79 Å². The van der Waals surface area contributed by atoms with Gasteiger partial charge in [0.25, 0.3) is 0 Å². The molecule has 102 valence electrons. The SMILES string of the molecule is Cc1cccc2nc(CCCl)n(CCNC(N)=O)c12. The Hall–Kier alpha value is -1.75. The number of nitrogens with one attached hydrogen (secondary N) is 1. The molecule has 0 atom stereocenters. The van der Waals surface area contributed by atoms with Crippen LogP contribution in [0.5, 0.6) is 0 Å². The summed E-state index contributed by atoms with van der Waals surface area (Å²) in [5, 5.41) is 2.59. The van der Waals surface area contributed by atoms with Gasteiger partial charge >= 0.3 is 6.03 Å². The summed E-state index contributed by atoms with van der Waals surface area (Å²) in [6.45, 7) is 3.16. The molecule has 0 fully saturated rings. The van der Waals surface area contributed by atoms with Crippen molar-refractivity contribution in [3.05, 3.63) is 29.6 Å². The van der Waals surface area contributed by atoms with E-state index in [0.29, 0.717) is 25.4 Å². The number of nitrogens with two attached hydrogens (primary N) is 1. The third-order valence-electron chi connectivity index (χ3n) is 3.00. The molecule has 2 aromatic rings. The summed E-state index contributed by atoms with van der Waals surface area (Å²) >= 11 is 5.82. The highest BCUT2D eigenvalue weighted by Gasteiger charge is 2.11. The van der Waals surface area contributed by atoms with Crippen LogP contribution in [0.2, 0.25) is 0 Å². The summed E-state index contributed by atoms with van der Waals surface area (Å²) < 4.78 is 2.10. The Kier molecular flexibility index (Phi) is 4.27. The Morgan fingerprint density at radius 1 is 1.53 bits per heavy atom. The zero-order valence-corrected chi connectivity index (χ0v) is 11.6. The zero-order chi connectivity index (χ0) is 13.8. The van der Waals surface area contributed by atoms with Gasteiger partial charge in [0, 0.05) is 25.4 Å². The number of amides is 2. The average Bonchev–Trinajstić information content (AvgIpc) is 2.69. The summed E-state index contributed by atoms with van der Waals surface area (Å²) in [6.07, 6.45) is 0.701. The summed E-state index contributed by atoms with van der Waals surface area (Å²) in [4.78, 5) is 15.3. The number of rotatable bonds is 5. The van der Waals surface area contributed by atoms with Crippen LogP contribution < -0.4 is 11.1 Å². The van der Waals surface area contributed by atoms with Crippen LogP contribution in [0.3, 0.4) is 0 Å². The van der Waals surface area contributed by atoms with E-state index < -0.39 is 6.03 Å². The van der Waals surface area contributed by atoms with Gasteiger partial charge in [-0.2, -0.15) is 0 Å². The van der Waals surface area contributed by atoms with Crippen molar-refractivity contribution in [1.29, 1.82) is 0 Å². The Bertz CT molecular complexity index is 594. The van der Waals surface area contributed by atoms with Crippen molar-refractivity contribution in [2.24, 2.45) is 5.73 Å². The van der Waals surface area contributed by atoms with Crippen LogP contribution in [0.4, 0.5) is 4.79 Å². The van der Waals surface area contributed by atoms with Crippen LogP contribution in [0, 0.1) is 6.92 Å². The van der Waals surface area contributed by atoms with E-state index in [1.54, 1.807) is 0 Å². The monoisotopic (exact) mass is 280 g/mol. The highest BCUT2D eigenvalue weighted by Crippen LogP contribution is 2.20. The third-order valence-corrected chi connectivity index (χ3v) is 3.19. The number of alkyl halides is 1. The van der Waals surface area contributed by atoms with Gasteiger partial charge in [0.2, 0.25) is 0 Å². The molecule has 1 aromatic heterocycles. The fraction of sp³-hybridized carbons (Fsp3) is 0.385. The van der Waals surface area contributed by atoms with E-state index in [4.69, 9.17) is 17.3 Å². The minimum absolute atomic E-state index is 0.477. The van der Waals surface area contributed by atoms with Crippen molar-refractivity contribution in [1.82, 2.24) is 14.9 Å². The fourth-order valence-corrected chi connectivity index (χ4v) is 2.39. The lowest BCUT2D eigenvalue weighted by Gasteiger charge is -2.10. The number of aryl methyl sites for hydroxylation is 2. The van der Waals surface area contributed by atoms with Crippen molar-refractivity contribution in [2.75, 3.05) is 12.4 Å². The molecular weight excluding hydrogens is 264 g/mol. The lowest BCUT2D eigenvalue weighted by Crippen LogP contribution is -2.32. The number of aromatic nitrogens is 2. The second kappa shape index (κ2) is 5.93. The first-order chi connectivity index (χ1) is 9.13. The highest BCUT2D eigenvalue weighted by molar-refractivity contribution is 6.17. The molecule has 0 radical (unpaired) electrons. The summed E-state index contributed by atoms with van der Waals surface area (Å²) in [7, 11) is 0. The molecule has 0 spiro atoms. The molecule has 5 nitrogen and oxygen atoms in total. The molecule has 0 aliphatic heterocycles. The van der Waals surface area contributed by atoms with Crippen LogP contribution in [-0.2, 0) is 13.0 Å². The number of benzene rings is 1.